The van der Waals surface area contributed by atoms with E-state index in [1.54, 1.807) is 18.3 Å². The van der Waals surface area contributed by atoms with E-state index < -0.39 is 6.09 Å². The van der Waals surface area contributed by atoms with Crippen LogP contribution in [0.15, 0.2) is 42.6 Å². The number of benzene rings is 1. The van der Waals surface area contributed by atoms with Gasteiger partial charge in [-0.2, -0.15) is 0 Å². The molecule has 2 aromatic rings. The summed E-state index contributed by atoms with van der Waals surface area (Å²) in [5.41, 5.74) is 2.18. The van der Waals surface area contributed by atoms with Crippen LogP contribution in [0.4, 0.5) is 4.79 Å². The summed E-state index contributed by atoms with van der Waals surface area (Å²) in [4.78, 5) is 28.7. The van der Waals surface area contributed by atoms with Crippen LogP contribution in [0.5, 0.6) is 5.75 Å². The van der Waals surface area contributed by atoms with Crippen LogP contribution in [0.3, 0.4) is 0 Å². The highest BCUT2D eigenvalue weighted by atomic mass is 16.5. The number of aliphatic hydroxyl groups excluding tert-OH is 1. The Labute approximate surface area is 169 Å². The number of amides is 2. The standard InChI is InChI=1S/C21H25N3O5/c25-12-9-22-20(26)17-3-1-16(2-4-17)19-6-5-18(13-23-19)29-14-15-7-10-24(11-8-15)21(27)28/h1-6,13,15,25H,7-12,14H2,(H,22,26)(H,27,28). The minimum atomic E-state index is -0.858. The Morgan fingerprint density at radius 1 is 1.14 bits per heavy atom. The zero-order valence-electron chi connectivity index (χ0n) is 16.1. The van der Waals surface area contributed by atoms with Crippen molar-refractivity contribution in [2.45, 2.75) is 12.8 Å². The highest BCUT2D eigenvalue weighted by Crippen LogP contribution is 2.22. The van der Waals surface area contributed by atoms with Crippen molar-refractivity contribution >= 4 is 12.0 Å². The van der Waals surface area contributed by atoms with E-state index in [4.69, 9.17) is 14.9 Å². The first-order chi connectivity index (χ1) is 14.1. The molecule has 1 aromatic heterocycles. The first-order valence-electron chi connectivity index (χ1n) is 9.63. The van der Waals surface area contributed by atoms with Gasteiger partial charge in [-0.3, -0.25) is 9.78 Å². The Hall–Kier alpha value is -3.13. The maximum atomic E-state index is 11.9. The molecule has 2 heterocycles. The van der Waals surface area contributed by atoms with Crippen LogP contribution < -0.4 is 10.1 Å². The summed E-state index contributed by atoms with van der Waals surface area (Å²) in [7, 11) is 0. The number of hydrogen-bond donors (Lipinski definition) is 3. The van der Waals surface area contributed by atoms with Gasteiger partial charge in [-0.25, -0.2) is 4.79 Å². The third kappa shape index (κ3) is 5.68. The molecule has 0 atom stereocenters. The molecule has 29 heavy (non-hydrogen) atoms. The summed E-state index contributed by atoms with van der Waals surface area (Å²) in [5, 5.41) is 20.4. The van der Waals surface area contributed by atoms with Gasteiger partial charge in [0, 0.05) is 30.8 Å². The molecule has 0 bridgehead atoms. The number of carbonyl (C=O) groups is 2. The Balaban J connectivity index is 1.51. The van der Waals surface area contributed by atoms with Gasteiger partial charge in [0.15, 0.2) is 0 Å². The monoisotopic (exact) mass is 399 g/mol. The van der Waals surface area contributed by atoms with Crippen LogP contribution in [0, 0.1) is 5.92 Å². The molecule has 1 fully saturated rings. The van der Waals surface area contributed by atoms with Gasteiger partial charge >= 0.3 is 6.09 Å². The Morgan fingerprint density at radius 3 is 2.45 bits per heavy atom. The lowest BCUT2D eigenvalue weighted by atomic mass is 9.98. The van der Waals surface area contributed by atoms with E-state index in [2.05, 4.69) is 10.3 Å². The normalized spacial score (nSPS) is 14.4. The number of aromatic nitrogens is 1. The number of rotatable bonds is 7. The summed E-state index contributed by atoms with van der Waals surface area (Å²) in [6.45, 7) is 1.78. The summed E-state index contributed by atoms with van der Waals surface area (Å²) >= 11 is 0. The van der Waals surface area contributed by atoms with Crippen molar-refractivity contribution < 1.29 is 24.5 Å². The van der Waals surface area contributed by atoms with Crippen molar-refractivity contribution in [3.8, 4) is 17.0 Å². The SMILES string of the molecule is O=C(NCCO)c1ccc(-c2ccc(OCC3CCN(C(=O)O)CC3)cn2)cc1. The molecule has 8 nitrogen and oxygen atoms in total. The van der Waals surface area contributed by atoms with Gasteiger partial charge in [0.2, 0.25) is 0 Å². The molecule has 1 saturated heterocycles. The highest BCUT2D eigenvalue weighted by Gasteiger charge is 2.22. The third-order valence-electron chi connectivity index (χ3n) is 4.95. The zero-order valence-corrected chi connectivity index (χ0v) is 16.1. The number of nitrogens with one attached hydrogen (secondary N) is 1. The Kier molecular flexibility index (Phi) is 7.02. The highest BCUT2D eigenvalue weighted by molar-refractivity contribution is 5.94. The molecular formula is C21H25N3O5. The Morgan fingerprint density at radius 2 is 1.86 bits per heavy atom. The van der Waals surface area contributed by atoms with Crippen molar-refractivity contribution in [1.82, 2.24) is 15.2 Å². The van der Waals surface area contributed by atoms with Crippen LogP contribution in [-0.4, -0.2) is 64.9 Å². The molecule has 1 aliphatic rings. The topological polar surface area (TPSA) is 112 Å². The molecule has 0 aliphatic carbocycles. The van der Waals surface area contributed by atoms with Crippen molar-refractivity contribution in [3.05, 3.63) is 48.2 Å². The van der Waals surface area contributed by atoms with Gasteiger partial charge in [0.05, 0.1) is 25.1 Å². The maximum Gasteiger partial charge on any atom is 0.407 e. The molecular weight excluding hydrogens is 374 g/mol. The number of likely N-dealkylation sites (tertiary alicyclic amines) is 1. The second kappa shape index (κ2) is 9.88. The number of pyridine rings is 1. The largest absolute Gasteiger partial charge is 0.492 e. The molecule has 3 rings (SSSR count). The van der Waals surface area contributed by atoms with Crippen molar-refractivity contribution in [2.75, 3.05) is 32.8 Å². The molecule has 1 aromatic carbocycles. The minimum Gasteiger partial charge on any atom is -0.492 e. The molecule has 1 aliphatic heterocycles. The van der Waals surface area contributed by atoms with Crippen molar-refractivity contribution in [2.24, 2.45) is 5.92 Å². The van der Waals surface area contributed by atoms with Crippen LogP contribution >= 0.6 is 0 Å². The van der Waals surface area contributed by atoms with Gasteiger partial charge < -0.3 is 25.2 Å². The minimum absolute atomic E-state index is 0.0936. The molecule has 3 N–H and O–H groups in total. The number of ether oxygens (including phenoxy) is 1. The van der Waals surface area contributed by atoms with Crippen LogP contribution in [0.25, 0.3) is 11.3 Å². The molecule has 0 spiro atoms. The van der Waals surface area contributed by atoms with E-state index >= 15 is 0 Å². The van der Waals surface area contributed by atoms with E-state index in [0.717, 1.165) is 24.1 Å². The van der Waals surface area contributed by atoms with E-state index in [9.17, 15) is 9.59 Å². The molecule has 0 radical (unpaired) electrons. The summed E-state index contributed by atoms with van der Waals surface area (Å²) in [5.74, 6) is 0.792. The first-order valence-corrected chi connectivity index (χ1v) is 9.63. The van der Waals surface area contributed by atoms with Gasteiger partial charge in [-0.1, -0.05) is 12.1 Å². The average Bonchev–Trinajstić information content (AvgIpc) is 2.77. The molecule has 8 heteroatoms. The molecule has 2 amide bonds. The fourth-order valence-electron chi connectivity index (χ4n) is 3.21. The molecule has 154 valence electrons. The predicted molar refractivity (Wildman–Crippen MR) is 107 cm³/mol. The fourth-order valence-corrected chi connectivity index (χ4v) is 3.21. The average molecular weight is 399 g/mol. The number of aliphatic hydroxyl groups is 1. The van der Waals surface area contributed by atoms with Gasteiger partial charge in [0.1, 0.15) is 5.75 Å². The van der Waals surface area contributed by atoms with E-state index in [1.165, 1.54) is 4.90 Å². The van der Waals surface area contributed by atoms with E-state index in [-0.39, 0.29) is 19.1 Å². The van der Waals surface area contributed by atoms with Gasteiger partial charge in [-0.05, 0) is 43.0 Å². The number of nitrogens with zero attached hydrogens (tertiary/aromatic N) is 2. The summed E-state index contributed by atoms with van der Waals surface area (Å²) < 4.78 is 5.82. The molecule has 0 unspecified atom stereocenters. The van der Waals surface area contributed by atoms with Crippen molar-refractivity contribution in [3.63, 3.8) is 0 Å². The number of carboxylic acid groups (broad SMARTS) is 1. The van der Waals surface area contributed by atoms with Gasteiger partial charge in [0.25, 0.3) is 5.91 Å². The number of piperidine rings is 1. The lowest BCUT2D eigenvalue weighted by Gasteiger charge is -2.29. The van der Waals surface area contributed by atoms with Crippen molar-refractivity contribution in [1.29, 1.82) is 0 Å². The number of hydrogen-bond acceptors (Lipinski definition) is 5. The Bertz CT molecular complexity index is 815. The van der Waals surface area contributed by atoms with Crippen LogP contribution in [0.1, 0.15) is 23.2 Å². The zero-order chi connectivity index (χ0) is 20.6. The lowest BCUT2D eigenvalue weighted by Crippen LogP contribution is -2.38. The number of carbonyl (C=O) groups excluding carboxylic acids is 1. The second-order valence-electron chi connectivity index (χ2n) is 6.96. The van der Waals surface area contributed by atoms with Crippen LogP contribution in [-0.2, 0) is 0 Å². The van der Waals surface area contributed by atoms with E-state index in [1.807, 2.05) is 24.3 Å². The first kappa shape index (κ1) is 20.6. The fraction of sp³-hybridized carbons (Fsp3) is 0.381. The summed E-state index contributed by atoms with van der Waals surface area (Å²) in [6, 6.07) is 10.8. The lowest BCUT2D eigenvalue weighted by molar-refractivity contribution is 0.0944. The molecule has 0 saturated carbocycles. The quantitative estimate of drug-likeness (QED) is 0.658. The second-order valence-corrected chi connectivity index (χ2v) is 6.96. The van der Waals surface area contributed by atoms with E-state index in [0.29, 0.717) is 36.9 Å². The summed E-state index contributed by atoms with van der Waals surface area (Å²) in [6.07, 6.45) is 2.42. The third-order valence-corrected chi connectivity index (χ3v) is 4.95. The van der Waals surface area contributed by atoms with Crippen LogP contribution in [0.2, 0.25) is 0 Å². The van der Waals surface area contributed by atoms with Gasteiger partial charge in [-0.15, -0.1) is 0 Å². The maximum absolute atomic E-state index is 11.9. The predicted octanol–water partition coefficient (Wildman–Crippen LogP) is 2.24. The smallest absolute Gasteiger partial charge is 0.407 e.